The number of hydrogen-bond acceptors (Lipinski definition) is 3. The maximum absolute atomic E-state index is 10.8. The van der Waals surface area contributed by atoms with E-state index in [0.717, 1.165) is 10.2 Å². The molecule has 0 heterocycles. The van der Waals surface area contributed by atoms with Crippen molar-refractivity contribution in [3.63, 3.8) is 0 Å². The van der Waals surface area contributed by atoms with Crippen LogP contribution in [0.5, 0.6) is 11.5 Å². The molecule has 4 nitrogen and oxygen atoms in total. The van der Waals surface area contributed by atoms with Gasteiger partial charge < -0.3 is 14.6 Å². The molecule has 2 aromatic rings. The number of ether oxygens (including phenoxy) is 2. The van der Waals surface area contributed by atoms with Gasteiger partial charge in [-0.3, -0.25) is 0 Å². The molecule has 0 unspecified atom stereocenters. The summed E-state index contributed by atoms with van der Waals surface area (Å²) in [6.45, 7) is 1.01. The zero-order valence-corrected chi connectivity index (χ0v) is 12.9. The van der Waals surface area contributed by atoms with Crippen molar-refractivity contribution in [2.45, 2.75) is 6.42 Å². The molecule has 0 aliphatic carbocycles. The van der Waals surface area contributed by atoms with Gasteiger partial charge in [-0.25, -0.2) is 4.79 Å². The van der Waals surface area contributed by atoms with Gasteiger partial charge in [0.1, 0.15) is 11.5 Å². The summed E-state index contributed by atoms with van der Waals surface area (Å²) < 4.78 is 12.1. The average molecular weight is 351 g/mol. The highest BCUT2D eigenvalue weighted by molar-refractivity contribution is 9.10. The van der Waals surface area contributed by atoms with E-state index in [-0.39, 0.29) is 5.56 Å². The van der Waals surface area contributed by atoms with Crippen molar-refractivity contribution in [3.05, 3.63) is 58.6 Å². The van der Waals surface area contributed by atoms with Gasteiger partial charge in [-0.1, -0.05) is 28.1 Å². The van der Waals surface area contributed by atoms with Crippen LogP contribution in [0.2, 0.25) is 0 Å². The van der Waals surface area contributed by atoms with Gasteiger partial charge in [-0.15, -0.1) is 0 Å². The van der Waals surface area contributed by atoms with Crippen LogP contribution in [0.4, 0.5) is 0 Å². The molecule has 0 spiro atoms. The van der Waals surface area contributed by atoms with E-state index in [1.807, 2.05) is 24.3 Å². The van der Waals surface area contributed by atoms with Crippen LogP contribution < -0.4 is 9.47 Å². The van der Waals surface area contributed by atoms with Crippen molar-refractivity contribution in [1.82, 2.24) is 0 Å². The van der Waals surface area contributed by atoms with Crippen LogP contribution >= 0.6 is 15.9 Å². The van der Waals surface area contributed by atoms with Gasteiger partial charge >= 0.3 is 5.97 Å². The number of rotatable bonds is 7. The molecule has 0 aliphatic heterocycles. The number of carboxylic acids is 1. The molecule has 2 aromatic carbocycles. The topological polar surface area (TPSA) is 55.8 Å². The smallest absolute Gasteiger partial charge is 0.335 e. The summed E-state index contributed by atoms with van der Waals surface area (Å²) in [4.78, 5) is 10.8. The molecule has 1 N–H and O–H groups in total. The maximum Gasteiger partial charge on any atom is 0.335 e. The summed E-state index contributed by atoms with van der Waals surface area (Å²) in [5, 5.41) is 8.89. The van der Waals surface area contributed by atoms with Crippen molar-refractivity contribution >= 4 is 21.9 Å². The molecule has 0 aliphatic rings. The van der Waals surface area contributed by atoms with Crippen molar-refractivity contribution in [2.24, 2.45) is 0 Å². The monoisotopic (exact) mass is 350 g/mol. The lowest BCUT2D eigenvalue weighted by Gasteiger charge is -2.08. The molecule has 0 bridgehead atoms. The summed E-state index contributed by atoms with van der Waals surface area (Å²) in [7, 11) is 0. The maximum atomic E-state index is 10.8. The first-order valence-electron chi connectivity index (χ1n) is 6.50. The summed E-state index contributed by atoms with van der Waals surface area (Å²) in [5.41, 5.74) is 0.220. The van der Waals surface area contributed by atoms with E-state index >= 15 is 0 Å². The Morgan fingerprint density at radius 3 is 2.24 bits per heavy atom. The van der Waals surface area contributed by atoms with E-state index in [2.05, 4.69) is 15.9 Å². The second-order valence-electron chi connectivity index (χ2n) is 4.34. The summed E-state index contributed by atoms with van der Waals surface area (Å²) >= 11 is 3.38. The summed E-state index contributed by atoms with van der Waals surface area (Å²) in [6.07, 6.45) is 0.712. The van der Waals surface area contributed by atoms with Crippen molar-refractivity contribution < 1.29 is 19.4 Å². The third kappa shape index (κ3) is 5.11. The fraction of sp³-hybridized carbons (Fsp3) is 0.188. The van der Waals surface area contributed by atoms with E-state index < -0.39 is 5.97 Å². The lowest BCUT2D eigenvalue weighted by atomic mass is 10.2. The molecule has 2 rings (SSSR count). The highest BCUT2D eigenvalue weighted by atomic mass is 79.9. The predicted molar refractivity (Wildman–Crippen MR) is 83.2 cm³/mol. The van der Waals surface area contributed by atoms with Crippen molar-refractivity contribution in [2.75, 3.05) is 13.2 Å². The van der Waals surface area contributed by atoms with Gasteiger partial charge in [0.25, 0.3) is 0 Å². The molecular weight excluding hydrogens is 336 g/mol. The fourth-order valence-corrected chi connectivity index (χ4v) is 2.09. The minimum atomic E-state index is -0.960. The second kappa shape index (κ2) is 7.69. The van der Waals surface area contributed by atoms with Crippen LogP contribution in [0.25, 0.3) is 0 Å². The molecule has 0 amide bonds. The molecule has 110 valence electrons. The Balaban J connectivity index is 1.72. The first kappa shape index (κ1) is 15.4. The Hall–Kier alpha value is -2.01. The number of halogens is 1. The van der Waals surface area contributed by atoms with Crippen LogP contribution in [-0.4, -0.2) is 24.3 Å². The Morgan fingerprint density at radius 1 is 1.00 bits per heavy atom. The molecule has 0 saturated carbocycles. The first-order chi connectivity index (χ1) is 10.1. The Kier molecular flexibility index (Phi) is 5.63. The van der Waals surface area contributed by atoms with E-state index in [9.17, 15) is 4.79 Å². The van der Waals surface area contributed by atoms with Gasteiger partial charge in [0.15, 0.2) is 0 Å². The van der Waals surface area contributed by atoms with Crippen LogP contribution in [-0.2, 0) is 0 Å². The van der Waals surface area contributed by atoms with Gasteiger partial charge in [-0.05, 0) is 36.4 Å². The molecular formula is C16H15BrO4. The zero-order valence-electron chi connectivity index (χ0n) is 11.3. The SMILES string of the molecule is O=C(O)c1cccc(OCCCOc2cccc(Br)c2)c1. The minimum Gasteiger partial charge on any atom is -0.493 e. The lowest BCUT2D eigenvalue weighted by Crippen LogP contribution is -2.05. The van der Waals surface area contributed by atoms with E-state index in [1.165, 1.54) is 12.1 Å². The highest BCUT2D eigenvalue weighted by Gasteiger charge is 2.03. The number of carboxylic acid groups (broad SMARTS) is 1. The Bertz CT molecular complexity index is 613. The molecule has 21 heavy (non-hydrogen) atoms. The highest BCUT2D eigenvalue weighted by Crippen LogP contribution is 2.18. The van der Waals surface area contributed by atoms with E-state index in [4.69, 9.17) is 14.6 Å². The van der Waals surface area contributed by atoms with Gasteiger partial charge in [0, 0.05) is 10.9 Å². The standard InChI is InChI=1S/C16H15BrO4/c17-13-5-2-7-15(11-13)21-9-3-8-20-14-6-1-4-12(10-14)16(18)19/h1-2,4-7,10-11H,3,8-9H2,(H,18,19). The average Bonchev–Trinajstić information content (AvgIpc) is 2.47. The molecule has 0 atom stereocenters. The van der Waals surface area contributed by atoms with Gasteiger partial charge in [0.2, 0.25) is 0 Å². The van der Waals surface area contributed by atoms with E-state index in [1.54, 1.807) is 12.1 Å². The number of benzene rings is 2. The normalized spacial score (nSPS) is 10.1. The quantitative estimate of drug-likeness (QED) is 0.767. The Morgan fingerprint density at radius 2 is 1.62 bits per heavy atom. The third-order valence-corrected chi connectivity index (χ3v) is 3.20. The number of aromatic carboxylic acids is 1. The van der Waals surface area contributed by atoms with Crippen molar-refractivity contribution in [3.8, 4) is 11.5 Å². The van der Waals surface area contributed by atoms with Gasteiger partial charge in [0.05, 0.1) is 18.8 Å². The molecule has 5 heteroatoms. The van der Waals surface area contributed by atoms with E-state index in [0.29, 0.717) is 25.4 Å². The van der Waals surface area contributed by atoms with Gasteiger partial charge in [-0.2, -0.15) is 0 Å². The Labute approximate surface area is 131 Å². The molecule has 0 radical (unpaired) electrons. The molecule has 0 aromatic heterocycles. The number of hydrogen-bond donors (Lipinski definition) is 1. The largest absolute Gasteiger partial charge is 0.493 e. The summed E-state index contributed by atoms with van der Waals surface area (Å²) in [5.74, 6) is 0.396. The summed E-state index contributed by atoms with van der Waals surface area (Å²) in [6, 6.07) is 14.1. The fourth-order valence-electron chi connectivity index (χ4n) is 1.71. The second-order valence-corrected chi connectivity index (χ2v) is 5.26. The zero-order chi connectivity index (χ0) is 15.1. The molecule has 0 saturated heterocycles. The van der Waals surface area contributed by atoms with Crippen molar-refractivity contribution in [1.29, 1.82) is 0 Å². The number of carbonyl (C=O) groups is 1. The van der Waals surface area contributed by atoms with Crippen LogP contribution in [0.15, 0.2) is 53.0 Å². The predicted octanol–water partition coefficient (Wildman–Crippen LogP) is 4.00. The molecule has 0 fully saturated rings. The lowest BCUT2D eigenvalue weighted by molar-refractivity contribution is 0.0696. The van der Waals surface area contributed by atoms with Crippen LogP contribution in [0, 0.1) is 0 Å². The van der Waals surface area contributed by atoms with Crippen LogP contribution in [0.1, 0.15) is 16.8 Å². The minimum absolute atomic E-state index is 0.220. The van der Waals surface area contributed by atoms with Crippen LogP contribution in [0.3, 0.4) is 0 Å². The third-order valence-electron chi connectivity index (χ3n) is 2.70. The first-order valence-corrected chi connectivity index (χ1v) is 7.29.